The van der Waals surface area contributed by atoms with E-state index in [1.54, 1.807) is 7.05 Å². The first-order valence-electron chi connectivity index (χ1n) is 11.8. The average Bonchev–Trinajstić information content (AvgIpc) is 3.00. The second-order valence-electron chi connectivity index (χ2n) is 11.6. The number of anilines is 2. The van der Waals surface area contributed by atoms with E-state index >= 15 is 0 Å². The molecule has 1 spiro atoms. The number of imide groups is 2. The van der Waals surface area contributed by atoms with Gasteiger partial charge in [0.05, 0.1) is 6.04 Å². The van der Waals surface area contributed by atoms with Crippen molar-refractivity contribution in [3.8, 4) is 0 Å². The Balaban J connectivity index is 1.73. The van der Waals surface area contributed by atoms with Crippen molar-refractivity contribution >= 4 is 46.6 Å². The number of hydrogen-bond acceptors (Lipinski definition) is 5. The Morgan fingerprint density at radius 1 is 1.06 bits per heavy atom. The lowest BCUT2D eigenvalue weighted by atomic mass is 9.56. The van der Waals surface area contributed by atoms with Crippen LogP contribution in [0, 0.1) is 16.2 Å². The third-order valence-corrected chi connectivity index (χ3v) is 8.74. The molecule has 1 saturated carbocycles. The maximum Gasteiger partial charge on any atom is 0.332 e. The summed E-state index contributed by atoms with van der Waals surface area (Å²) in [6, 6.07) is 5.42. The van der Waals surface area contributed by atoms with E-state index in [9.17, 15) is 14.4 Å². The molecule has 0 aromatic heterocycles. The zero-order valence-corrected chi connectivity index (χ0v) is 21.5. The smallest absolute Gasteiger partial charge is 0.332 e. The molecule has 3 atom stereocenters. The maximum atomic E-state index is 14.0. The van der Waals surface area contributed by atoms with Gasteiger partial charge < -0.3 is 15.5 Å². The Hall–Kier alpha value is -2.68. The standard InChI is InChI=1S/C25H33N5O3S/c1-23(2)11-16-12-24(3,13-23)18-25(19(31)28(5)22(33)29(6)20(25)32)10-14-9-15(27-21(34)26-4)7-8-17(14)30(16)18/h7-9,16,18H,10-13H2,1-6H3,(H2,26,27,34)/t16-,18-,24+/m1/s1. The molecule has 2 N–H and O–H groups in total. The van der Waals surface area contributed by atoms with Gasteiger partial charge in [-0.05, 0) is 72.5 Å². The number of fused-ring (bicyclic) bond motifs is 8. The number of carbonyl (C=O) groups is 3. The minimum Gasteiger partial charge on any atom is -0.366 e. The van der Waals surface area contributed by atoms with Gasteiger partial charge in [0.25, 0.3) is 0 Å². The lowest BCUT2D eigenvalue weighted by Gasteiger charge is -2.54. The van der Waals surface area contributed by atoms with Gasteiger partial charge in [0, 0.05) is 38.6 Å². The second-order valence-corrected chi connectivity index (χ2v) is 12.0. The van der Waals surface area contributed by atoms with Crippen molar-refractivity contribution in [2.75, 3.05) is 31.4 Å². The van der Waals surface area contributed by atoms with Crippen LogP contribution in [0.1, 0.15) is 45.6 Å². The predicted octanol–water partition coefficient (Wildman–Crippen LogP) is 2.97. The van der Waals surface area contributed by atoms with Crippen LogP contribution in [-0.2, 0) is 16.0 Å². The van der Waals surface area contributed by atoms with Crippen LogP contribution in [0.5, 0.6) is 0 Å². The van der Waals surface area contributed by atoms with Gasteiger partial charge in [-0.15, -0.1) is 0 Å². The maximum absolute atomic E-state index is 14.0. The van der Waals surface area contributed by atoms with E-state index in [0.717, 1.165) is 46.0 Å². The fraction of sp³-hybridized carbons (Fsp3) is 0.600. The third kappa shape index (κ3) is 2.95. The minimum atomic E-state index is -1.35. The first kappa shape index (κ1) is 23.1. The van der Waals surface area contributed by atoms with E-state index < -0.39 is 23.3 Å². The Morgan fingerprint density at radius 2 is 1.71 bits per heavy atom. The number of amides is 4. The molecule has 2 bridgehead atoms. The van der Waals surface area contributed by atoms with Crippen LogP contribution in [0.3, 0.4) is 0 Å². The Labute approximate surface area is 206 Å². The van der Waals surface area contributed by atoms with Crippen molar-refractivity contribution in [1.82, 2.24) is 15.1 Å². The lowest BCUT2D eigenvalue weighted by Crippen LogP contribution is -2.72. The van der Waals surface area contributed by atoms with Crippen molar-refractivity contribution in [3.63, 3.8) is 0 Å². The van der Waals surface area contributed by atoms with Gasteiger partial charge in [0.1, 0.15) is 0 Å². The zero-order chi connectivity index (χ0) is 24.8. The van der Waals surface area contributed by atoms with Crippen LogP contribution in [0.15, 0.2) is 18.2 Å². The molecule has 1 aliphatic carbocycles. The normalized spacial score (nSPS) is 30.9. The largest absolute Gasteiger partial charge is 0.366 e. The number of nitrogens with one attached hydrogen (secondary N) is 2. The molecule has 1 aromatic rings. The van der Waals surface area contributed by atoms with E-state index in [1.165, 1.54) is 14.1 Å². The van der Waals surface area contributed by atoms with Gasteiger partial charge >= 0.3 is 6.03 Å². The highest BCUT2D eigenvalue weighted by Gasteiger charge is 2.71. The number of benzene rings is 1. The molecule has 4 amide bonds. The van der Waals surface area contributed by atoms with Gasteiger partial charge in [-0.1, -0.05) is 20.8 Å². The Bertz CT molecular complexity index is 1110. The number of carbonyl (C=O) groups excluding carboxylic acids is 3. The molecule has 4 aliphatic rings. The number of nitrogens with zero attached hydrogens (tertiary/aromatic N) is 3. The third-order valence-electron chi connectivity index (χ3n) is 8.43. The SMILES string of the molecule is CNC(=S)Nc1ccc2c(c1)CC1(C(=O)N(C)C(=O)N(C)C1=O)[C@@H]1N2[C@@H]2CC(C)(C)C[C@]1(C)C2. The van der Waals surface area contributed by atoms with E-state index in [-0.39, 0.29) is 29.3 Å². The summed E-state index contributed by atoms with van der Waals surface area (Å²) in [4.78, 5) is 45.3. The van der Waals surface area contributed by atoms with Gasteiger partial charge in [0.15, 0.2) is 10.5 Å². The van der Waals surface area contributed by atoms with Crippen LogP contribution in [0.25, 0.3) is 0 Å². The van der Waals surface area contributed by atoms with Crippen molar-refractivity contribution < 1.29 is 14.4 Å². The molecule has 0 unspecified atom stereocenters. The fourth-order valence-corrected chi connectivity index (χ4v) is 7.84. The molecule has 3 aliphatic heterocycles. The molecular weight excluding hydrogens is 450 g/mol. The van der Waals surface area contributed by atoms with Crippen LogP contribution in [-0.4, -0.2) is 66.0 Å². The summed E-state index contributed by atoms with van der Waals surface area (Å²) in [5.74, 6) is -0.783. The molecule has 5 rings (SSSR count). The highest BCUT2D eigenvalue weighted by molar-refractivity contribution is 7.80. The second kappa shape index (κ2) is 7.16. The quantitative estimate of drug-likeness (QED) is 0.469. The van der Waals surface area contributed by atoms with Gasteiger partial charge in [0.2, 0.25) is 11.8 Å². The number of barbiturate groups is 1. The summed E-state index contributed by atoms with van der Waals surface area (Å²) in [5.41, 5.74) is 1.30. The first-order chi connectivity index (χ1) is 15.8. The summed E-state index contributed by atoms with van der Waals surface area (Å²) in [6.45, 7) is 6.79. The summed E-state index contributed by atoms with van der Waals surface area (Å²) in [7, 11) is 4.74. The van der Waals surface area contributed by atoms with Crippen molar-refractivity contribution in [1.29, 1.82) is 0 Å². The lowest BCUT2D eigenvalue weighted by molar-refractivity contribution is -0.161. The number of thiocarbonyl (C=S) groups is 1. The van der Waals surface area contributed by atoms with Crippen molar-refractivity contribution in [3.05, 3.63) is 23.8 Å². The number of rotatable bonds is 1. The highest BCUT2D eigenvalue weighted by Crippen LogP contribution is 2.64. The first-order valence-corrected chi connectivity index (χ1v) is 12.3. The molecule has 0 radical (unpaired) electrons. The van der Waals surface area contributed by atoms with Crippen LogP contribution in [0.2, 0.25) is 0 Å². The topological polar surface area (TPSA) is 85.0 Å². The van der Waals surface area contributed by atoms with E-state index in [1.807, 2.05) is 12.1 Å². The van der Waals surface area contributed by atoms with Gasteiger partial charge in [-0.25, -0.2) is 4.79 Å². The predicted molar refractivity (Wildman–Crippen MR) is 135 cm³/mol. The van der Waals surface area contributed by atoms with E-state index in [2.05, 4.69) is 42.4 Å². The number of hydrogen-bond donors (Lipinski definition) is 2. The Morgan fingerprint density at radius 3 is 2.32 bits per heavy atom. The number of urea groups is 1. The Kier molecular flexibility index (Phi) is 4.86. The molecule has 2 saturated heterocycles. The van der Waals surface area contributed by atoms with E-state index in [0.29, 0.717) is 5.11 Å². The zero-order valence-electron chi connectivity index (χ0n) is 20.7. The molecule has 8 nitrogen and oxygen atoms in total. The monoisotopic (exact) mass is 483 g/mol. The van der Waals surface area contributed by atoms with Crippen LogP contribution in [0.4, 0.5) is 16.2 Å². The summed E-state index contributed by atoms with van der Waals surface area (Å²) in [5, 5.41) is 6.57. The molecule has 34 heavy (non-hydrogen) atoms. The summed E-state index contributed by atoms with van der Waals surface area (Å²) in [6.07, 6.45) is 3.10. The van der Waals surface area contributed by atoms with Crippen molar-refractivity contribution in [2.45, 2.75) is 58.5 Å². The van der Waals surface area contributed by atoms with E-state index in [4.69, 9.17) is 12.2 Å². The summed E-state index contributed by atoms with van der Waals surface area (Å²) < 4.78 is 0. The average molecular weight is 484 g/mol. The van der Waals surface area contributed by atoms with Crippen LogP contribution >= 0.6 is 12.2 Å². The highest BCUT2D eigenvalue weighted by atomic mass is 32.1. The van der Waals surface area contributed by atoms with Gasteiger partial charge in [-0.2, -0.15) is 0 Å². The molecule has 3 heterocycles. The molecule has 1 aromatic carbocycles. The summed E-state index contributed by atoms with van der Waals surface area (Å²) >= 11 is 5.28. The van der Waals surface area contributed by atoms with Crippen molar-refractivity contribution in [2.24, 2.45) is 16.2 Å². The molecular formula is C25H33N5O3S. The molecule has 9 heteroatoms. The molecule has 182 valence electrons. The molecule has 3 fully saturated rings. The minimum absolute atomic E-state index is 0.0885. The van der Waals surface area contributed by atoms with Gasteiger partial charge in [-0.3, -0.25) is 19.4 Å². The van der Waals surface area contributed by atoms with Crippen LogP contribution < -0.4 is 15.5 Å². The fourth-order valence-electron chi connectivity index (χ4n) is 7.73.